The first-order chi connectivity index (χ1) is 8.71. The Morgan fingerprint density at radius 3 is 2.39 bits per heavy atom. The zero-order valence-corrected chi connectivity index (χ0v) is 12.9. The summed E-state index contributed by atoms with van der Waals surface area (Å²) >= 11 is -0.556. The zero-order valence-electron chi connectivity index (χ0n) is 9.81. The molecule has 1 aromatic carbocycles. The third-order valence-electron chi connectivity index (χ3n) is 3.30. The standard InChI is InChI=1S/C15H13.2ClH.Ti/c1-15(10-4-5-11-15)14-9-8-12-6-2-3-7-13(12)14;;;/h2-11,14H,1H2;2*1H;/q-1;;;+2/p-2. The van der Waals surface area contributed by atoms with Crippen molar-refractivity contribution in [2.24, 2.45) is 5.41 Å². The first-order valence-electron chi connectivity index (χ1n) is 5.67. The second kappa shape index (κ2) is 6.26. The zero-order chi connectivity index (χ0) is 13.0. The van der Waals surface area contributed by atoms with Gasteiger partial charge in [-0.15, -0.1) is 17.6 Å². The van der Waals surface area contributed by atoms with Crippen LogP contribution in [0.5, 0.6) is 0 Å². The molecule has 92 valence electrons. The molecule has 0 N–H and O–H groups in total. The van der Waals surface area contributed by atoms with E-state index in [1.54, 1.807) is 0 Å². The van der Waals surface area contributed by atoms with Crippen molar-refractivity contribution in [2.75, 3.05) is 0 Å². The molecule has 2 aliphatic rings. The summed E-state index contributed by atoms with van der Waals surface area (Å²) in [6.45, 7) is 4.33. The molecule has 1 aromatic rings. The molecule has 2 aliphatic carbocycles. The third kappa shape index (κ3) is 2.83. The van der Waals surface area contributed by atoms with Crippen LogP contribution < -0.4 is 0 Å². The maximum absolute atomic E-state index is 4.89. The van der Waals surface area contributed by atoms with Crippen LogP contribution in [0.15, 0.2) is 54.6 Å². The van der Waals surface area contributed by atoms with E-state index in [1.165, 1.54) is 11.1 Å². The van der Waals surface area contributed by atoms with Crippen molar-refractivity contribution in [2.45, 2.75) is 5.92 Å². The van der Waals surface area contributed by atoms with E-state index in [9.17, 15) is 0 Å². The number of hydrogen-bond donors (Lipinski definition) is 0. The third-order valence-corrected chi connectivity index (χ3v) is 3.30. The fraction of sp³-hybridized carbons (Fsp3) is 0.133. The fourth-order valence-corrected chi connectivity index (χ4v) is 2.45. The SMILES string of the molecule is [CH2-]C1(C2C=Cc3ccccc32)C=CC=C1.[Cl][Ti][Cl]. The van der Waals surface area contributed by atoms with E-state index < -0.39 is 17.0 Å². The molecule has 18 heavy (non-hydrogen) atoms. The topological polar surface area (TPSA) is 0 Å². The molecule has 0 spiro atoms. The summed E-state index contributed by atoms with van der Waals surface area (Å²) in [4.78, 5) is 0. The molecule has 0 aromatic heterocycles. The van der Waals surface area contributed by atoms with Gasteiger partial charge < -0.3 is 6.92 Å². The summed E-state index contributed by atoms with van der Waals surface area (Å²) in [6.07, 6.45) is 13.0. The molecule has 0 fully saturated rings. The molecule has 0 bridgehead atoms. The van der Waals surface area contributed by atoms with Crippen molar-refractivity contribution < 1.29 is 17.0 Å². The molecular weight excluding hydrogens is 299 g/mol. The normalized spacial score (nSPS) is 21.4. The van der Waals surface area contributed by atoms with Crippen LogP contribution in [0.4, 0.5) is 0 Å². The minimum absolute atomic E-state index is 0.0803. The van der Waals surface area contributed by atoms with Crippen LogP contribution in [0.25, 0.3) is 6.08 Å². The van der Waals surface area contributed by atoms with E-state index in [0.29, 0.717) is 5.92 Å². The molecule has 1 unspecified atom stereocenters. The van der Waals surface area contributed by atoms with Gasteiger partial charge >= 0.3 is 35.6 Å². The monoisotopic (exact) mass is 311 g/mol. The van der Waals surface area contributed by atoms with Gasteiger partial charge in [-0.3, -0.25) is 0 Å². The minimum atomic E-state index is -0.556. The van der Waals surface area contributed by atoms with E-state index in [-0.39, 0.29) is 5.41 Å². The molecule has 0 nitrogen and oxygen atoms in total. The molecular formula is C15H13Cl2Ti-. The number of hydrogen-bond acceptors (Lipinski definition) is 0. The summed E-state index contributed by atoms with van der Waals surface area (Å²) in [7, 11) is 9.78. The number of fused-ring (bicyclic) bond motifs is 1. The van der Waals surface area contributed by atoms with Crippen LogP contribution in [-0.2, 0) is 17.0 Å². The molecule has 3 heteroatoms. The quantitative estimate of drug-likeness (QED) is 0.499. The van der Waals surface area contributed by atoms with Crippen LogP contribution in [-0.4, -0.2) is 0 Å². The Bertz CT molecular complexity index is 491. The average Bonchev–Trinajstić information content (AvgIpc) is 2.97. The Morgan fingerprint density at radius 1 is 1.11 bits per heavy atom. The average molecular weight is 312 g/mol. The van der Waals surface area contributed by atoms with Crippen LogP contribution in [0, 0.1) is 12.3 Å². The number of rotatable bonds is 1. The van der Waals surface area contributed by atoms with Gasteiger partial charge in [-0.25, -0.2) is 0 Å². The molecule has 0 heterocycles. The number of allylic oxidation sites excluding steroid dienone is 5. The first-order valence-corrected chi connectivity index (χ1v) is 9.97. The molecule has 0 radical (unpaired) electrons. The predicted octanol–water partition coefficient (Wildman–Crippen LogP) is 5.12. The van der Waals surface area contributed by atoms with Crippen LogP contribution in [0.3, 0.4) is 0 Å². The molecule has 1 atom stereocenters. The van der Waals surface area contributed by atoms with Gasteiger partial charge in [-0.1, -0.05) is 48.6 Å². The molecule has 0 saturated carbocycles. The Labute approximate surface area is 125 Å². The van der Waals surface area contributed by atoms with E-state index in [2.05, 4.69) is 67.6 Å². The van der Waals surface area contributed by atoms with Crippen molar-refractivity contribution in [1.82, 2.24) is 0 Å². The Kier molecular flexibility index (Phi) is 4.92. The molecule has 0 amide bonds. The number of benzene rings is 1. The van der Waals surface area contributed by atoms with E-state index in [4.69, 9.17) is 18.6 Å². The maximum atomic E-state index is 4.89. The summed E-state index contributed by atoms with van der Waals surface area (Å²) in [5.74, 6) is 0.392. The first kappa shape index (κ1) is 14.1. The van der Waals surface area contributed by atoms with Crippen molar-refractivity contribution in [3.05, 3.63) is 72.7 Å². The number of halogens is 2. The van der Waals surface area contributed by atoms with Gasteiger partial charge in [-0.05, 0) is 17.0 Å². The molecule has 0 saturated heterocycles. The van der Waals surface area contributed by atoms with Crippen molar-refractivity contribution >= 4 is 24.7 Å². The van der Waals surface area contributed by atoms with E-state index in [0.717, 1.165) is 0 Å². The van der Waals surface area contributed by atoms with Gasteiger partial charge in [0, 0.05) is 0 Å². The van der Waals surface area contributed by atoms with Crippen molar-refractivity contribution in [3.8, 4) is 0 Å². The summed E-state index contributed by atoms with van der Waals surface area (Å²) in [5.41, 5.74) is 2.64. The Balaban J connectivity index is 0.000000367. The Hall–Kier alpha value is -0.266. The Morgan fingerprint density at radius 2 is 1.72 bits per heavy atom. The summed E-state index contributed by atoms with van der Waals surface area (Å²) in [6, 6.07) is 8.55. The van der Waals surface area contributed by atoms with Crippen LogP contribution in [0.2, 0.25) is 0 Å². The van der Waals surface area contributed by atoms with Gasteiger partial charge in [0.05, 0.1) is 0 Å². The predicted molar refractivity (Wildman–Crippen MR) is 76.0 cm³/mol. The van der Waals surface area contributed by atoms with Crippen LogP contribution in [0.1, 0.15) is 17.0 Å². The van der Waals surface area contributed by atoms with Gasteiger partial charge in [0.2, 0.25) is 0 Å². The second-order valence-corrected chi connectivity index (χ2v) is 6.95. The van der Waals surface area contributed by atoms with Gasteiger partial charge in [0.1, 0.15) is 0 Å². The second-order valence-electron chi connectivity index (χ2n) is 4.37. The summed E-state index contributed by atoms with van der Waals surface area (Å²) < 4.78 is 0. The fourth-order valence-electron chi connectivity index (χ4n) is 2.45. The van der Waals surface area contributed by atoms with Crippen molar-refractivity contribution in [3.63, 3.8) is 0 Å². The van der Waals surface area contributed by atoms with E-state index in [1.807, 2.05) is 0 Å². The van der Waals surface area contributed by atoms with Gasteiger partial charge in [0.25, 0.3) is 0 Å². The van der Waals surface area contributed by atoms with E-state index >= 15 is 0 Å². The van der Waals surface area contributed by atoms with Crippen LogP contribution >= 0.6 is 18.6 Å². The molecule has 3 rings (SSSR count). The van der Waals surface area contributed by atoms with Gasteiger partial charge in [0.15, 0.2) is 0 Å². The van der Waals surface area contributed by atoms with Crippen molar-refractivity contribution in [1.29, 1.82) is 0 Å². The van der Waals surface area contributed by atoms with Gasteiger partial charge in [-0.2, -0.15) is 0 Å². The molecule has 0 aliphatic heterocycles. The summed E-state index contributed by atoms with van der Waals surface area (Å²) in [5, 5.41) is 0.